The van der Waals surface area contributed by atoms with Crippen molar-refractivity contribution >= 4 is 22.9 Å². The van der Waals surface area contributed by atoms with Crippen LogP contribution >= 0.6 is 11.3 Å². The topological polar surface area (TPSA) is 75.3 Å². The summed E-state index contributed by atoms with van der Waals surface area (Å²) in [5.41, 5.74) is 7.91. The monoisotopic (exact) mass is 276 g/mol. The first-order valence-corrected chi connectivity index (χ1v) is 6.81. The fourth-order valence-corrected chi connectivity index (χ4v) is 2.55. The molecule has 0 bridgehead atoms. The van der Waals surface area contributed by atoms with Crippen LogP contribution in [-0.4, -0.2) is 17.6 Å². The number of benzene rings is 1. The van der Waals surface area contributed by atoms with Crippen molar-refractivity contribution in [2.45, 2.75) is 13.0 Å². The number of anilines is 1. The average Bonchev–Trinajstić information content (AvgIpc) is 2.83. The number of aliphatic hydroxyl groups excluding tert-OH is 1. The SMILES string of the molecule is Cc1ccsc1C(=O)NCC(O)c1ccc(N)cc1. The zero-order valence-corrected chi connectivity index (χ0v) is 11.4. The van der Waals surface area contributed by atoms with Crippen molar-refractivity contribution in [3.8, 4) is 0 Å². The Kier molecular flexibility index (Phi) is 4.19. The molecule has 1 amide bonds. The lowest BCUT2D eigenvalue weighted by atomic mass is 10.1. The first kappa shape index (κ1) is 13.6. The maximum Gasteiger partial charge on any atom is 0.261 e. The number of rotatable bonds is 4. The molecule has 1 atom stereocenters. The second-order valence-electron chi connectivity index (χ2n) is 4.33. The Balaban J connectivity index is 1.94. The van der Waals surface area contributed by atoms with Crippen molar-refractivity contribution in [1.29, 1.82) is 0 Å². The number of thiophene rings is 1. The van der Waals surface area contributed by atoms with Crippen molar-refractivity contribution in [1.82, 2.24) is 5.32 Å². The van der Waals surface area contributed by atoms with Crippen molar-refractivity contribution in [2.24, 2.45) is 0 Å². The van der Waals surface area contributed by atoms with Crippen LogP contribution in [0.5, 0.6) is 0 Å². The lowest BCUT2D eigenvalue weighted by molar-refractivity contribution is 0.0920. The van der Waals surface area contributed by atoms with E-state index in [2.05, 4.69) is 5.32 Å². The third kappa shape index (κ3) is 3.33. The minimum Gasteiger partial charge on any atom is -0.399 e. The van der Waals surface area contributed by atoms with Crippen LogP contribution in [0, 0.1) is 6.92 Å². The van der Waals surface area contributed by atoms with Gasteiger partial charge in [-0.05, 0) is 41.6 Å². The highest BCUT2D eigenvalue weighted by Crippen LogP contribution is 2.17. The first-order valence-electron chi connectivity index (χ1n) is 5.93. The minimum absolute atomic E-state index is 0.151. The summed E-state index contributed by atoms with van der Waals surface area (Å²) in [5.74, 6) is -0.151. The summed E-state index contributed by atoms with van der Waals surface area (Å²) in [4.78, 5) is 12.6. The second-order valence-corrected chi connectivity index (χ2v) is 5.24. The van der Waals surface area contributed by atoms with Gasteiger partial charge in [0.1, 0.15) is 0 Å². The van der Waals surface area contributed by atoms with E-state index in [0.29, 0.717) is 10.6 Å². The first-order chi connectivity index (χ1) is 9.08. The molecule has 19 heavy (non-hydrogen) atoms. The molecule has 0 radical (unpaired) electrons. The average molecular weight is 276 g/mol. The molecule has 100 valence electrons. The summed E-state index contributed by atoms with van der Waals surface area (Å²) in [6.45, 7) is 2.07. The van der Waals surface area contributed by atoms with Crippen molar-refractivity contribution in [2.75, 3.05) is 12.3 Å². The Morgan fingerprint density at radius 3 is 2.63 bits per heavy atom. The molecule has 1 aromatic heterocycles. The standard InChI is InChI=1S/C14H16N2O2S/c1-9-6-7-19-13(9)14(18)16-8-12(17)10-2-4-11(15)5-3-10/h2-7,12,17H,8,15H2,1H3,(H,16,18). The predicted molar refractivity (Wildman–Crippen MR) is 77.2 cm³/mol. The quantitative estimate of drug-likeness (QED) is 0.749. The zero-order valence-electron chi connectivity index (χ0n) is 10.6. The number of hydrogen-bond acceptors (Lipinski definition) is 4. The van der Waals surface area contributed by atoms with Gasteiger partial charge in [-0.15, -0.1) is 11.3 Å². The normalized spacial score (nSPS) is 12.1. The van der Waals surface area contributed by atoms with Gasteiger partial charge in [-0.25, -0.2) is 0 Å². The van der Waals surface area contributed by atoms with Crippen LogP contribution in [0.2, 0.25) is 0 Å². The van der Waals surface area contributed by atoms with E-state index in [9.17, 15) is 9.90 Å². The summed E-state index contributed by atoms with van der Waals surface area (Å²) in [6.07, 6.45) is -0.732. The smallest absolute Gasteiger partial charge is 0.261 e. The van der Waals surface area contributed by atoms with Crippen LogP contribution in [-0.2, 0) is 0 Å². The molecule has 0 aliphatic carbocycles. The Hall–Kier alpha value is -1.85. The predicted octanol–water partition coefficient (Wildman–Crippen LogP) is 2.10. The lowest BCUT2D eigenvalue weighted by Gasteiger charge is -2.12. The minimum atomic E-state index is -0.732. The molecule has 5 heteroatoms. The largest absolute Gasteiger partial charge is 0.399 e. The number of nitrogens with one attached hydrogen (secondary N) is 1. The van der Waals surface area contributed by atoms with Crippen LogP contribution < -0.4 is 11.1 Å². The van der Waals surface area contributed by atoms with Gasteiger partial charge in [0.25, 0.3) is 5.91 Å². The Labute approximate surface area is 115 Å². The summed E-state index contributed by atoms with van der Waals surface area (Å²) < 4.78 is 0. The summed E-state index contributed by atoms with van der Waals surface area (Å²) >= 11 is 1.40. The molecule has 0 aliphatic heterocycles. The number of carbonyl (C=O) groups excluding carboxylic acids is 1. The van der Waals surface area contributed by atoms with Gasteiger partial charge in [-0.2, -0.15) is 0 Å². The van der Waals surface area contributed by atoms with Crippen molar-refractivity contribution < 1.29 is 9.90 Å². The number of carbonyl (C=O) groups is 1. The molecule has 0 saturated carbocycles. The van der Waals surface area contributed by atoms with Gasteiger partial charge < -0.3 is 16.2 Å². The molecule has 2 aromatic rings. The number of aliphatic hydroxyl groups is 1. The van der Waals surface area contributed by atoms with Gasteiger partial charge in [-0.1, -0.05) is 12.1 Å². The fraction of sp³-hybridized carbons (Fsp3) is 0.214. The van der Waals surface area contributed by atoms with E-state index in [1.54, 1.807) is 24.3 Å². The molecule has 0 aliphatic rings. The number of hydrogen-bond donors (Lipinski definition) is 3. The fourth-order valence-electron chi connectivity index (χ4n) is 1.71. The third-order valence-electron chi connectivity index (χ3n) is 2.85. The molecule has 0 fully saturated rings. The summed E-state index contributed by atoms with van der Waals surface area (Å²) in [5, 5.41) is 14.6. The molecule has 4 nitrogen and oxygen atoms in total. The van der Waals surface area contributed by atoms with Crippen LogP contribution in [0.4, 0.5) is 5.69 Å². The van der Waals surface area contributed by atoms with Crippen LogP contribution in [0.15, 0.2) is 35.7 Å². The summed E-state index contributed by atoms with van der Waals surface area (Å²) in [6, 6.07) is 8.86. The third-order valence-corrected chi connectivity index (χ3v) is 3.86. The number of aryl methyl sites for hydroxylation is 1. The Bertz CT molecular complexity index is 563. The molecule has 1 unspecified atom stereocenters. The lowest BCUT2D eigenvalue weighted by Crippen LogP contribution is -2.28. The van der Waals surface area contributed by atoms with Gasteiger partial charge in [0, 0.05) is 12.2 Å². The van der Waals surface area contributed by atoms with Crippen LogP contribution in [0.1, 0.15) is 26.9 Å². The van der Waals surface area contributed by atoms with E-state index in [1.165, 1.54) is 11.3 Å². The zero-order chi connectivity index (χ0) is 13.8. The molecular weight excluding hydrogens is 260 g/mol. The van der Waals surface area contributed by atoms with E-state index in [-0.39, 0.29) is 12.5 Å². The van der Waals surface area contributed by atoms with Crippen molar-refractivity contribution in [3.05, 3.63) is 51.7 Å². The van der Waals surface area contributed by atoms with Gasteiger partial charge in [0.2, 0.25) is 0 Å². The van der Waals surface area contributed by atoms with Crippen molar-refractivity contribution in [3.63, 3.8) is 0 Å². The number of nitrogen functional groups attached to an aromatic ring is 1. The summed E-state index contributed by atoms with van der Waals surface area (Å²) in [7, 11) is 0. The van der Waals surface area contributed by atoms with E-state index in [4.69, 9.17) is 5.73 Å². The number of nitrogens with two attached hydrogens (primary N) is 1. The maximum atomic E-state index is 11.9. The highest BCUT2D eigenvalue weighted by Gasteiger charge is 2.13. The second kappa shape index (κ2) is 5.86. The molecule has 0 spiro atoms. The molecule has 0 saturated heterocycles. The molecular formula is C14H16N2O2S. The Morgan fingerprint density at radius 2 is 2.05 bits per heavy atom. The molecule has 4 N–H and O–H groups in total. The van der Waals surface area contributed by atoms with Gasteiger partial charge in [0.05, 0.1) is 11.0 Å². The highest BCUT2D eigenvalue weighted by molar-refractivity contribution is 7.12. The molecule has 1 heterocycles. The van der Waals surface area contributed by atoms with Gasteiger partial charge >= 0.3 is 0 Å². The van der Waals surface area contributed by atoms with Crippen LogP contribution in [0.3, 0.4) is 0 Å². The van der Waals surface area contributed by atoms with Gasteiger partial charge in [-0.3, -0.25) is 4.79 Å². The van der Waals surface area contributed by atoms with E-state index in [0.717, 1.165) is 11.1 Å². The van der Waals surface area contributed by atoms with E-state index >= 15 is 0 Å². The highest BCUT2D eigenvalue weighted by atomic mass is 32.1. The number of amides is 1. The van der Waals surface area contributed by atoms with Gasteiger partial charge in [0.15, 0.2) is 0 Å². The maximum absolute atomic E-state index is 11.9. The van der Waals surface area contributed by atoms with E-state index in [1.807, 2.05) is 18.4 Å². The Morgan fingerprint density at radius 1 is 1.37 bits per heavy atom. The van der Waals surface area contributed by atoms with Crippen LogP contribution in [0.25, 0.3) is 0 Å². The molecule has 1 aromatic carbocycles. The molecule has 2 rings (SSSR count). The van der Waals surface area contributed by atoms with E-state index < -0.39 is 6.10 Å².